The average Bonchev–Trinajstić information content (AvgIpc) is 3.32. The van der Waals surface area contributed by atoms with Gasteiger partial charge in [-0.05, 0) is 96.4 Å². The van der Waals surface area contributed by atoms with Crippen molar-refractivity contribution in [3.63, 3.8) is 0 Å². The molecule has 9 nitrogen and oxygen atoms in total. The van der Waals surface area contributed by atoms with E-state index >= 15 is 0 Å². The number of hydrogen-bond donors (Lipinski definition) is 1. The van der Waals surface area contributed by atoms with E-state index in [4.69, 9.17) is 34.4 Å². The van der Waals surface area contributed by atoms with Gasteiger partial charge in [0.05, 0.1) is 6.61 Å². The summed E-state index contributed by atoms with van der Waals surface area (Å²) in [6.07, 6.45) is -0.637. The van der Waals surface area contributed by atoms with Crippen LogP contribution >= 0.6 is 11.6 Å². The summed E-state index contributed by atoms with van der Waals surface area (Å²) in [6.45, 7) is 33.5. The van der Waals surface area contributed by atoms with Crippen LogP contribution in [-0.2, 0) is 24.4 Å². The van der Waals surface area contributed by atoms with Gasteiger partial charge in [-0.25, -0.2) is 4.79 Å². The van der Waals surface area contributed by atoms with Gasteiger partial charge in [0.25, 0.3) is 5.56 Å². The largest absolute Gasteiger partial charge is 0.457 e. The SMILES string of the molecule is CC(C)(C)[Si](C)(C)OC[C@H]1O[C@@H](n2cc(Cc3cccc(Oc4ccc(Cl)cc4)c3)c(=O)[nH]c2=O)[C@H](O[Si](C)(C)C(C)(C)C)[C@@H]1O[Si](C)(C)C(C)(C)C. The van der Waals surface area contributed by atoms with Gasteiger partial charge < -0.3 is 22.8 Å². The van der Waals surface area contributed by atoms with Crippen molar-refractivity contribution < 1.29 is 22.8 Å². The molecule has 1 saturated heterocycles. The fraction of sp³-hybridized carbons (Fsp3) is 0.600. The van der Waals surface area contributed by atoms with Gasteiger partial charge in [0, 0.05) is 23.2 Å². The zero-order chi connectivity index (χ0) is 39.9. The van der Waals surface area contributed by atoms with Gasteiger partial charge >= 0.3 is 5.69 Å². The van der Waals surface area contributed by atoms with Gasteiger partial charge in [-0.1, -0.05) is 86.0 Å². The third-order valence-electron chi connectivity index (χ3n) is 11.8. The predicted molar refractivity (Wildman–Crippen MR) is 223 cm³/mol. The van der Waals surface area contributed by atoms with Gasteiger partial charge in [0.1, 0.15) is 29.8 Å². The number of nitrogens with zero attached hydrogens (tertiary/aromatic N) is 1. The van der Waals surface area contributed by atoms with Crippen molar-refractivity contribution in [2.75, 3.05) is 6.61 Å². The van der Waals surface area contributed by atoms with Gasteiger partial charge in [-0.3, -0.25) is 14.3 Å². The summed E-state index contributed by atoms with van der Waals surface area (Å²) in [5, 5.41) is 0.385. The van der Waals surface area contributed by atoms with Crippen molar-refractivity contribution in [1.29, 1.82) is 0 Å². The van der Waals surface area contributed by atoms with E-state index in [1.54, 1.807) is 30.5 Å². The minimum absolute atomic E-state index is 0.0141. The molecule has 294 valence electrons. The summed E-state index contributed by atoms with van der Waals surface area (Å²) in [7, 11) is -7.04. The van der Waals surface area contributed by atoms with Gasteiger partial charge in [0.2, 0.25) is 0 Å². The van der Waals surface area contributed by atoms with E-state index in [0.29, 0.717) is 28.7 Å². The van der Waals surface area contributed by atoms with Crippen LogP contribution in [0.3, 0.4) is 0 Å². The van der Waals surface area contributed by atoms with Crippen LogP contribution in [0.15, 0.2) is 64.3 Å². The Kier molecular flexibility index (Phi) is 12.8. The van der Waals surface area contributed by atoms with E-state index in [2.05, 4.69) is 107 Å². The zero-order valence-electron chi connectivity index (χ0n) is 34.6. The van der Waals surface area contributed by atoms with E-state index in [-0.39, 0.29) is 21.5 Å². The third kappa shape index (κ3) is 10.3. The molecule has 0 bridgehead atoms. The smallest absolute Gasteiger partial charge is 0.330 e. The zero-order valence-corrected chi connectivity index (χ0v) is 38.4. The number of ether oxygens (including phenoxy) is 2. The average molecular weight is 804 g/mol. The summed E-state index contributed by atoms with van der Waals surface area (Å²) < 4.78 is 35.8. The molecule has 0 aliphatic carbocycles. The summed E-state index contributed by atoms with van der Waals surface area (Å²) >= 11 is 6.05. The van der Waals surface area contributed by atoms with Crippen molar-refractivity contribution in [2.24, 2.45) is 0 Å². The standard InChI is InChI=1S/C40H63ClN2O7Si3/c1-38(2,3)51(10,11)46-26-32-33(49-52(12,13)39(4,5)6)34(50-53(14,15)40(7,8)9)36(48-32)43-25-28(35(44)42-37(43)45)23-27-17-16-18-31(24-27)47-30-21-19-29(41)20-22-30/h16-22,24-25,32-34,36H,23,26H2,1-15H3,(H,42,44,45)/t32-,33-,34-,36-/m1/s1. The Bertz CT molecular complexity index is 1840. The molecule has 4 atom stereocenters. The van der Waals surface area contributed by atoms with Crippen LogP contribution in [0.1, 0.15) is 79.7 Å². The Labute approximate surface area is 325 Å². The van der Waals surface area contributed by atoms with Crippen molar-refractivity contribution in [3.8, 4) is 11.5 Å². The van der Waals surface area contributed by atoms with Crippen molar-refractivity contribution in [3.05, 3.63) is 91.7 Å². The number of aromatic amines is 1. The lowest BCUT2D eigenvalue weighted by molar-refractivity contribution is -0.0511. The summed E-state index contributed by atoms with van der Waals surface area (Å²) in [5.74, 6) is 1.26. The number of halogens is 1. The van der Waals surface area contributed by atoms with Crippen LogP contribution in [0.4, 0.5) is 0 Å². The number of hydrogen-bond acceptors (Lipinski definition) is 7. The molecule has 1 fully saturated rings. The van der Waals surface area contributed by atoms with Gasteiger partial charge in [-0.2, -0.15) is 0 Å². The second kappa shape index (κ2) is 15.7. The first-order valence-electron chi connectivity index (χ1n) is 18.6. The Morgan fingerprint density at radius 2 is 1.30 bits per heavy atom. The second-order valence-electron chi connectivity index (χ2n) is 19.0. The Morgan fingerprint density at radius 1 is 0.755 bits per heavy atom. The quantitative estimate of drug-likeness (QED) is 0.182. The molecule has 1 aliphatic rings. The van der Waals surface area contributed by atoms with Crippen molar-refractivity contribution in [1.82, 2.24) is 9.55 Å². The predicted octanol–water partition coefficient (Wildman–Crippen LogP) is 10.3. The first-order chi connectivity index (χ1) is 24.1. The summed E-state index contributed by atoms with van der Waals surface area (Å²) in [4.78, 5) is 29.8. The van der Waals surface area contributed by atoms with E-state index in [1.165, 1.54) is 4.57 Å². The Hall–Kier alpha value is -2.30. The normalized spacial score (nSPS) is 20.5. The molecule has 13 heteroatoms. The third-order valence-corrected chi connectivity index (χ3v) is 25.5. The lowest BCUT2D eigenvalue weighted by Gasteiger charge is -2.44. The molecule has 53 heavy (non-hydrogen) atoms. The number of rotatable bonds is 12. The maximum absolute atomic E-state index is 13.8. The minimum Gasteiger partial charge on any atom is -0.457 e. The van der Waals surface area contributed by atoms with E-state index < -0.39 is 60.7 Å². The highest BCUT2D eigenvalue weighted by molar-refractivity contribution is 6.75. The molecule has 2 heterocycles. The second-order valence-corrected chi connectivity index (χ2v) is 33.8. The van der Waals surface area contributed by atoms with Crippen molar-refractivity contribution in [2.45, 2.75) is 148 Å². The first kappa shape index (κ1) is 43.4. The molecule has 2 aromatic carbocycles. The molecule has 0 unspecified atom stereocenters. The first-order valence-corrected chi connectivity index (χ1v) is 27.7. The fourth-order valence-electron chi connectivity index (χ4n) is 5.29. The maximum atomic E-state index is 13.8. The molecule has 1 aromatic heterocycles. The number of aromatic nitrogens is 2. The molecule has 1 aliphatic heterocycles. The number of H-pyrrole nitrogens is 1. The lowest BCUT2D eigenvalue weighted by Crippen LogP contribution is -2.55. The molecule has 0 spiro atoms. The number of nitrogens with one attached hydrogen (secondary N) is 1. The van der Waals surface area contributed by atoms with Crippen LogP contribution < -0.4 is 16.0 Å². The van der Waals surface area contributed by atoms with E-state index in [1.807, 2.05) is 24.3 Å². The fourth-order valence-corrected chi connectivity index (χ4v) is 9.04. The number of benzene rings is 2. The maximum Gasteiger partial charge on any atom is 0.330 e. The molecule has 0 saturated carbocycles. The van der Waals surface area contributed by atoms with Crippen LogP contribution in [0.2, 0.25) is 59.4 Å². The molecule has 4 rings (SSSR count). The monoisotopic (exact) mass is 802 g/mol. The topological polar surface area (TPSA) is 101 Å². The van der Waals surface area contributed by atoms with Crippen LogP contribution in [0.5, 0.6) is 11.5 Å². The molecule has 3 aromatic rings. The molecule has 0 amide bonds. The Balaban J connectivity index is 1.79. The summed E-state index contributed by atoms with van der Waals surface area (Å²) in [5.41, 5.74) is 0.227. The van der Waals surface area contributed by atoms with Crippen molar-refractivity contribution >= 4 is 36.6 Å². The highest BCUT2D eigenvalue weighted by Gasteiger charge is 2.55. The van der Waals surface area contributed by atoms with E-state index in [0.717, 1.165) is 5.56 Å². The van der Waals surface area contributed by atoms with Gasteiger partial charge in [-0.15, -0.1) is 0 Å². The van der Waals surface area contributed by atoms with E-state index in [9.17, 15) is 9.59 Å². The molecule has 0 radical (unpaired) electrons. The molecule has 1 N–H and O–H groups in total. The summed E-state index contributed by atoms with van der Waals surface area (Å²) in [6, 6.07) is 14.7. The lowest BCUT2D eigenvalue weighted by atomic mass is 10.1. The highest BCUT2D eigenvalue weighted by Crippen LogP contribution is 2.46. The molecular weight excluding hydrogens is 740 g/mol. The van der Waals surface area contributed by atoms with Crippen LogP contribution in [-0.4, -0.2) is 59.4 Å². The highest BCUT2D eigenvalue weighted by atomic mass is 35.5. The van der Waals surface area contributed by atoms with Crippen LogP contribution in [0, 0.1) is 0 Å². The van der Waals surface area contributed by atoms with Gasteiger partial charge in [0.15, 0.2) is 31.2 Å². The Morgan fingerprint density at radius 3 is 1.85 bits per heavy atom. The van der Waals surface area contributed by atoms with Crippen LogP contribution in [0.25, 0.3) is 0 Å². The molecular formula is C40H63ClN2O7Si3. The minimum atomic E-state index is -2.46.